The van der Waals surface area contributed by atoms with E-state index in [-0.39, 0.29) is 0 Å². The predicted octanol–water partition coefficient (Wildman–Crippen LogP) is 4.58. The van der Waals surface area contributed by atoms with Gasteiger partial charge in [-0.1, -0.05) is 42.5 Å². The van der Waals surface area contributed by atoms with Crippen molar-refractivity contribution in [1.82, 2.24) is 9.97 Å². The van der Waals surface area contributed by atoms with Gasteiger partial charge < -0.3 is 9.80 Å². The summed E-state index contributed by atoms with van der Waals surface area (Å²) in [5, 5.41) is 0. The molecule has 3 rings (SSSR count). The van der Waals surface area contributed by atoms with Gasteiger partial charge in [-0.15, -0.1) is 0 Å². The zero-order valence-corrected chi connectivity index (χ0v) is 15.1. The van der Waals surface area contributed by atoms with E-state index >= 15 is 0 Å². The van der Waals surface area contributed by atoms with Crippen molar-refractivity contribution in [3.63, 3.8) is 0 Å². The molecular weight excluding hydrogens is 308 g/mol. The van der Waals surface area contributed by atoms with Crippen LogP contribution in [0.1, 0.15) is 18.1 Å². The minimum atomic E-state index is 0.813. The molecule has 0 spiro atoms. The zero-order chi connectivity index (χ0) is 17.6. The van der Waals surface area contributed by atoms with Crippen LogP contribution in [-0.4, -0.2) is 23.6 Å². The van der Waals surface area contributed by atoms with E-state index in [0.29, 0.717) is 0 Å². The van der Waals surface area contributed by atoms with E-state index < -0.39 is 0 Å². The molecule has 25 heavy (non-hydrogen) atoms. The van der Waals surface area contributed by atoms with Crippen LogP contribution in [0.25, 0.3) is 0 Å². The van der Waals surface area contributed by atoms with E-state index in [1.807, 2.05) is 6.07 Å². The average molecular weight is 332 g/mol. The van der Waals surface area contributed by atoms with Gasteiger partial charge in [-0.25, -0.2) is 9.97 Å². The molecule has 0 amide bonds. The second-order valence-corrected chi connectivity index (χ2v) is 6.16. The van der Waals surface area contributed by atoms with E-state index in [4.69, 9.17) is 0 Å². The lowest BCUT2D eigenvalue weighted by molar-refractivity contribution is 0.884. The molecule has 0 aliphatic carbocycles. The molecule has 1 aromatic heterocycles. The number of aromatic nitrogens is 2. The van der Waals surface area contributed by atoms with Crippen LogP contribution in [0.4, 0.5) is 17.3 Å². The van der Waals surface area contributed by atoms with Crippen molar-refractivity contribution >= 4 is 17.3 Å². The van der Waals surface area contributed by atoms with Crippen molar-refractivity contribution in [2.75, 3.05) is 23.4 Å². The molecule has 0 aliphatic heterocycles. The van der Waals surface area contributed by atoms with E-state index in [1.54, 1.807) is 6.33 Å². The number of nitrogens with zero attached hydrogens (tertiary/aromatic N) is 4. The molecule has 0 unspecified atom stereocenters. The maximum Gasteiger partial charge on any atom is 0.138 e. The van der Waals surface area contributed by atoms with Crippen LogP contribution in [0.3, 0.4) is 0 Å². The summed E-state index contributed by atoms with van der Waals surface area (Å²) < 4.78 is 0. The van der Waals surface area contributed by atoms with Crippen LogP contribution in [-0.2, 0) is 6.54 Å². The first-order chi connectivity index (χ1) is 12.2. The zero-order valence-electron chi connectivity index (χ0n) is 15.1. The molecule has 1 heterocycles. The Morgan fingerprint density at radius 2 is 1.64 bits per heavy atom. The Bertz CT molecular complexity index is 817. The third-order valence-electron chi connectivity index (χ3n) is 4.20. The highest BCUT2D eigenvalue weighted by Crippen LogP contribution is 2.26. The molecule has 4 nitrogen and oxygen atoms in total. The molecule has 0 fully saturated rings. The topological polar surface area (TPSA) is 32.3 Å². The first-order valence-electron chi connectivity index (χ1n) is 8.58. The van der Waals surface area contributed by atoms with Crippen LogP contribution in [0.5, 0.6) is 0 Å². The minimum absolute atomic E-state index is 0.813. The maximum absolute atomic E-state index is 4.49. The van der Waals surface area contributed by atoms with Gasteiger partial charge in [-0.3, -0.25) is 0 Å². The number of rotatable bonds is 6. The molecule has 0 atom stereocenters. The highest BCUT2D eigenvalue weighted by Gasteiger charge is 2.12. The Labute approximate surface area is 149 Å². The van der Waals surface area contributed by atoms with E-state index in [9.17, 15) is 0 Å². The Balaban J connectivity index is 1.84. The maximum atomic E-state index is 4.49. The molecule has 0 saturated carbocycles. The summed E-state index contributed by atoms with van der Waals surface area (Å²) in [5.74, 6) is 1.83. The molecule has 3 aromatic rings. The summed E-state index contributed by atoms with van der Waals surface area (Å²) in [6.45, 7) is 5.91. The van der Waals surface area contributed by atoms with Crippen molar-refractivity contribution in [3.05, 3.63) is 78.1 Å². The van der Waals surface area contributed by atoms with E-state index in [1.165, 1.54) is 11.1 Å². The fourth-order valence-electron chi connectivity index (χ4n) is 2.90. The van der Waals surface area contributed by atoms with Crippen molar-refractivity contribution in [2.24, 2.45) is 0 Å². The summed E-state index contributed by atoms with van der Waals surface area (Å²) in [6.07, 6.45) is 1.64. The summed E-state index contributed by atoms with van der Waals surface area (Å²) in [5.41, 5.74) is 3.65. The van der Waals surface area contributed by atoms with Gasteiger partial charge in [0.2, 0.25) is 0 Å². The molecule has 0 N–H and O–H groups in total. The van der Waals surface area contributed by atoms with E-state index in [0.717, 1.165) is 30.4 Å². The first kappa shape index (κ1) is 17.0. The fraction of sp³-hybridized carbons (Fsp3) is 0.238. The lowest BCUT2D eigenvalue weighted by Crippen LogP contribution is -2.21. The van der Waals surface area contributed by atoms with Crippen LogP contribution in [0.2, 0.25) is 0 Å². The molecule has 0 bridgehead atoms. The van der Waals surface area contributed by atoms with Gasteiger partial charge in [0.15, 0.2) is 0 Å². The van der Waals surface area contributed by atoms with Crippen LogP contribution in [0.15, 0.2) is 67.0 Å². The first-order valence-corrected chi connectivity index (χ1v) is 8.58. The second kappa shape index (κ2) is 7.79. The quantitative estimate of drug-likeness (QED) is 0.661. The Kier molecular flexibility index (Phi) is 5.29. The molecule has 4 heteroatoms. The number of benzene rings is 2. The normalized spacial score (nSPS) is 10.5. The highest BCUT2D eigenvalue weighted by atomic mass is 15.2. The Hall–Kier alpha value is -2.88. The summed E-state index contributed by atoms with van der Waals surface area (Å²) in [7, 11) is 2.06. The van der Waals surface area contributed by atoms with Crippen molar-refractivity contribution < 1.29 is 0 Å². The largest absolute Gasteiger partial charge is 0.355 e. The molecule has 0 aliphatic rings. The summed E-state index contributed by atoms with van der Waals surface area (Å²) >= 11 is 0. The lowest BCUT2D eigenvalue weighted by atomic mass is 10.2. The molecule has 0 saturated heterocycles. The van der Waals surface area contributed by atoms with Crippen LogP contribution in [0, 0.1) is 6.92 Å². The van der Waals surface area contributed by atoms with E-state index in [2.05, 4.69) is 95.3 Å². The third kappa shape index (κ3) is 4.15. The van der Waals surface area contributed by atoms with Crippen molar-refractivity contribution in [1.29, 1.82) is 0 Å². The molecular formula is C21H24N4. The standard InChI is InChI=1S/C21H24N4/c1-4-25(19-12-8-9-17(2)13-19)21-14-20(22-16-23-21)24(3)15-18-10-6-5-7-11-18/h5-14,16H,4,15H2,1-3H3. The van der Waals surface area contributed by atoms with Gasteiger partial charge in [0.05, 0.1) is 0 Å². The number of anilines is 3. The summed E-state index contributed by atoms with van der Waals surface area (Å²) in [6, 6.07) is 20.9. The van der Waals surface area contributed by atoms with Gasteiger partial charge in [0.1, 0.15) is 18.0 Å². The third-order valence-corrected chi connectivity index (χ3v) is 4.20. The van der Waals surface area contributed by atoms with Gasteiger partial charge >= 0.3 is 0 Å². The molecule has 0 radical (unpaired) electrons. The smallest absolute Gasteiger partial charge is 0.138 e. The number of hydrogen-bond acceptors (Lipinski definition) is 4. The number of hydrogen-bond donors (Lipinski definition) is 0. The van der Waals surface area contributed by atoms with Gasteiger partial charge in [-0.2, -0.15) is 0 Å². The SMILES string of the molecule is CCN(c1cccc(C)c1)c1cc(N(C)Cc2ccccc2)ncn1. The highest BCUT2D eigenvalue weighted by molar-refractivity contribution is 5.63. The minimum Gasteiger partial charge on any atom is -0.355 e. The van der Waals surface area contributed by atoms with Gasteiger partial charge in [-0.05, 0) is 37.1 Å². The number of aryl methyl sites for hydroxylation is 1. The van der Waals surface area contributed by atoms with Crippen LogP contribution >= 0.6 is 0 Å². The molecule has 2 aromatic carbocycles. The monoisotopic (exact) mass is 332 g/mol. The Morgan fingerprint density at radius 1 is 0.880 bits per heavy atom. The summed E-state index contributed by atoms with van der Waals surface area (Å²) in [4.78, 5) is 13.3. The average Bonchev–Trinajstić information content (AvgIpc) is 2.63. The Morgan fingerprint density at radius 3 is 2.36 bits per heavy atom. The lowest BCUT2D eigenvalue weighted by Gasteiger charge is -2.24. The van der Waals surface area contributed by atoms with Gasteiger partial charge in [0.25, 0.3) is 0 Å². The van der Waals surface area contributed by atoms with Gasteiger partial charge in [0, 0.05) is 31.9 Å². The molecule has 128 valence electrons. The fourth-order valence-corrected chi connectivity index (χ4v) is 2.90. The predicted molar refractivity (Wildman–Crippen MR) is 104 cm³/mol. The van der Waals surface area contributed by atoms with Crippen molar-refractivity contribution in [2.45, 2.75) is 20.4 Å². The van der Waals surface area contributed by atoms with Crippen molar-refractivity contribution in [3.8, 4) is 0 Å². The van der Waals surface area contributed by atoms with Crippen LogP contribution < -0.4 is 9.80 Å². The second-order valence-electron chi connectivity index (χ2n) is 6.16.